The smallest absolute Gasteiger partial charge is 0.264 e. The number of rotatable bonds is 7. The summed E-state index contributed by atoms with van der Waals surface area (Å²) in [6.07, 6.45) is 1.56. The molecule has 0 radical (unpaired) electrons. The maximum atomic E-state index is 13.4. The molecule has 2 heterocycles. The number of fused-ring (bicyclic) bond motifs is 1. The Morgan fingerprint density at radius 2 is 1.82 bits per heavy atom. The van der Waals surface area contributed by atoms with Crippen LogP contribution in [0.2, 0.25) is 5.02 Å². The number of para-hydroxylation sites is 1. The van der Waals surface area contributed by atoms with Crippen molar-refractivity contribution in [3.63, 3.8) is 0 Å². The number of piperazine rings is 1. The summed E-state index contributed by atoms with van der Waals surface area (Å²) < 4.78 is 35.6. The van der Waals surface area contributed by atoms with Crippen molar-refractivity contribution in [1.29, 1.82) is 0 Å². The molecule has 1 amide bonds. The molecule has 0 spiro atoms. The minimum Gasteiger partial charge on any atom is -0.496 e. The standard InChI is InChI=1S/C28H26ClIN4O4S/c1-38-25-17-22(32-39(36,37)26-6-2-4-19-5-3-11-31-27(19)26)9-10-23(25)28(35)34-14-12-33(13-15-34)18-20-7-8-21(30)16-24(20)29/h2-11,16-17,32H,12-15,18H2,1H3. The Morgan fingerprint density at radius 1 is 1.05 bits per heavy atom. The quantitative estimate of drug-likeness (QED) is 0.269. The van der Waals surface area contributed by atoms with E-state index in [1.807, 2.05) is 30.3 Å². The highest BCUT2D eigenvalue weighted by atomic mass is 127. The number of anilines is 1. The predicted octanol–water partition coefficient (Wildman–Crippen LogP) is 5.26. The molecule has 4 aromatic rings. The fourth-order valence-electron chi connectivity index (χ4n) is 4.60. The summed E-state index contributed by atoms with van der Waals surface area (Å²) in [6.45, 7) is 3.28. The fourth-order valence-corrected chi connectivity index (χ4v) is 6.75. The first-order valence-corrected chi connectivity index (χ1v) is 15.2. The van der Waals surface area contributed by atoms with Crippen LogP contribution in [0.1, 0.15) is 15.9 Å². The lowest BCUT2D eigenvalue weighted by molar-refractivity contribution is 0.0625. The topological polar surface area (TPSA) is 91.8 Å². The summed E-state index contributed by atoms with van der Waals surface area (Å²) in [4.78, 5) is 21.7. The molecule has 0 bridgehead atoms. The summed E-state index contributed by atoms with van der Waals surface area (Å²) in [5.74, 6) is 0.135. The number of aromatic nitrogens is 1. The van der Waals surface area contributed by atoms with E-state index >= 15 is 0 Å². The van der Waals surface area contributed by atoms with Gasteiger partial charge in [-0.25, -0.2) is 8.42 Å². The Hall–Kier alpha value is -2.93. The molecule has 0 unspecified atom stereocenters. The maximum Gasteiger partial charge on any atom is 0.264 e. The number of hydrogen-bond acceptors (Lipinski definition) is 6. The number of hydrogen-bond donors (Lipinski definition) is 1. The molecule has 5 rings (SSSR count). The highest BCUT2D eigenvalue weighted by Gasteiger charge is 2.26. The van der Waals surface area contributed by atoms with E-state index in [4.69, 9.17) is 16.3 Å². The zero-order valence-corrected chi connectivity index (χ0v) is 24.8. The number of sulfonamides is 1. The third-order valence-corrected chi connectivity index (χ3v) is 9.07. The average molecular weight is 677 g/mol. The second-order valence-corrected chi connectivity index (χ2v) is 12.5. The van der Waals surface area contributed by atoms with Crippen LogP contribution < -0.4 is 9.46 Å². The lowest BCUT2D eigenvalue weighted by Crippen LogP contribution is -2.48. The Kier molecular flexibility index (Phi) is 8.27. The molecule has 0 saturated carbocycles. The van der Waals surface area contributed by atoms with Gasteiger partial charge in [0.1, 0.15) is 10.6 Å². The largest absolute Gasteiger partial charge is 0.496 e. The van der Waals surface area contributed by atoms with Crippen LogP contribution in [0.15, 0.2) is 77.8 Å². The molecule has 202 valence electrons. The van der Waals surface area contributed by atoms with Crippen LogP contribution in [0.25, 0.3) is 10.9 Å². The van der Waals surface area contributed by atoms with Crippen LogP contribution in [0.3, 0.4) is 0 Å². The van der Waals surface area contributed by atoms with E-state index < -0.39 is 10.0 Å². The molecule has 1 fully saturated rings. The van der Waals surface area contributed by atoms with Gasteiger partial charge in [0, 0.05) is 59.0 Å². The summed E-state index contributed by atoms with van der Waals surface area (Å²) >= 11 is 8.64. The van der Waals surface area contributed by atoms with Gasteiger partial charge in [0.25, 0.3) is 15.9 Å². The molecule has 1 aliphatic rings. The van der Waals surface area contributed by atoms with Crippen LogP contribution >= 0.6 is 34.2 Å². The minimum absolute atomic E-state index is 0.0733. The first kappa shape index (κ1) is 27.6. The highest BCUT2D eigenvalue weighted by molar-refractivity contribution is 14.1. The first-order valence-electron chi connectivity index (χ1n) is 12.3. The van der Waals surface area contributed by atoms with Gasteiger partial charge in [0.2, 0.25) is 0 Å². The summed E-state index contributed by atoms with van der Waals surface area (Å²) in [5.41, 5.74) is 2.11. The van der Waals surface area contributed by atoms with Gasteiger partial charge in [-0.2, -0.15) is 0 Å². The molecule has 8 nitrogen and oxygen atoms in total. The Labute approximate surface area is 246 Å². The van der Waals surface area contributed by atoms with Gasteiger partial charge < -0.3 is 9.64 Å². The normalized spacial score (nSPS) is 14.4. The van der Waals surface area contributed by atoms with Crippen LogP contribution in [0.4, 0.5) is 5.69 Å². The van der Waals surface area contributed by atoms with Crippen molar-refractivity contribution < 1.29 is 17.9 Å². The zero-order chi connectivity index (χ0) is 27.6. The van der Waals surface area contributed by atoms with Crippen molar-refractivity contribution in [2.75, 3.05) is 38.0 Å². The van der Waals surface area contributed by atoms with Crippen molar-refractivity contribution in [2.24, 2.45) is 0 Å². The summed E-state index contributed by atoms with van der Waals surface area (Å²) in [5, 5.41) is 1.47. The van der Waals surface area contributed by atoms with E-state index in [9.17, 15) is 13.2 Å². The average Bonchev–Trinajstić information content (AvgIpc) is 2.94. The van der Waals surface area contributed by atoms with Crippen LogP contribution in [0, 0.1) is 3.57 Å². The highest BCUT2D eigenvalue weighted by Crippen LogP contribution is 2.29. The molecular weight excluding hydrogens is 651 g/mol. The summed E-state index contributed by atoms with van der Waals surface area (Å²) in [7, 11) is -2.47. The molecule has 3 aromatic carbocycles. The molecule has 0 atom stereocenters. The molecular formula is C28H26ClIN4O4S. The van der Waals surface area contributed by atoms with Gasteiger partial charge in [0.05, 0.1) is 23.9 Å². The zero-order valence-electron chi connectivity index (χ0n) is 21.1. The number of halogens is 2. The van der Waals surface area contributed by atoms with Crippen molar-refractivity contribution >= 4 is 66.7 Å². The number of amides is 1. The maximum absolute atomic E-state index is 13.4. The lowest BCUT2D eigenvalue weighted by Gasteiger charge is -2.35. The molecule has 1 aliphatic heterocycles. The minimum atomic E-state index is -3.93. The third-order valence-electron chi connectivity index (χ3n) is 6.64. The van der Waals surface area contributed by atoms with Gasteiger partial charge in [-0.15, -0.1) is 0 Å². The Morgan fingerprint density at radius 3 is 2.56 bits per heavy atom. The van der Waals surface area contributed by atoms with Crippen LogP contribution in [0.5, 0.6) is 5.75 Å². The third kappa shape index (κ3) is 6.13. The second kappa shape index (κ2) is 11.7. The van der Waals surface area contributed by atoms with Crippen molar-refractivity contribution in [3.05, 3.63) is 92.6 Å². The number of carbonyl (C=O) groups is 1. The molecule has 1 aromatic heterocycles. The number of ether oxygens (including phenoxy) is 1. The van der Waals surface area contributed by atoms with E-state index in [-0.39, 0.29) is 16.5 Å². The fraction of sp³-hybridized carbons (Fsp3) is 0.214. The number of pyridine rings is 1. The number of nitrogens with zero attached hydrogens (tertiary/aromatic N) is 3. The van der Waals surface area contributed by atoms with Crippen LogP contribution in [-0.2, 0) is 16.6 Å². The lowest BCUT2D eigenvalue weighted by atomic mass is 10.1. The van der Waals surface area contributed by atoms with E-state index in [0.29, 0.717) is 43.0 Å². The van der Waals surface area contributed by atoms with E-state index in [1.165, 1.54) is 19.2 Å². The molecule has 0 aliphatic carbocycles. The number of benzene rings is 3. The Balaban J connectivity index is 1.28. The molecule has 11 heteroatoms. The number of methoxy groups -OCH3 is 1. The number of carbonyl (C=O) groups excluding carboxylic acids is 1. The van der Waals surface area contributed by atoms with Crippen molar-refractivity contribution in [1.82, 2.24) is 14.8 Å². The SMILES string of the molecule is COc1cc(NS(=O)(=O)c2cccc3cccnc23)ccc1C(=O)N1CCN(Cc2ccc(I)cc2Cl)CC1. The van der Waals surface area contributed by atoms with E-state index in [2.05, 4.69) is 37.2 Å². The molecule has 1 saturated heterocycles. The molecule has 1 N–H and O–H groups in total. The molecule has 39 heavy (non-hydrogen) atoms. The van der Waals surface area contributed by atoms with Gasteiger partial charge in [-0.3, -0.25) is 19.4 Å². The number of nitrogens with one attached hydrogen (secondary N) is 1. The predicted molar refractivity (Wildman–Crippen MR) is 161 cm³/mol. The first-order chi connectivity index (χ1) is 18.7. The van der Waals surface area contributed by atoms with Gasteiger partial charge in [-0.1, -0.05) is 35.9 Å². The van der Waals surface area contributed by atoms with E-state index in [0.717, 1.165) is 26.1 Å². The van der Waals surface area contributed by atoms with Gasteiger partial charge in [-0.05, 0) is 64.6 Å². The van der Waals surface area contributed by atoms with Crippen molar-refractivity contribution in [2.45, 2.75) is 11.4 Å². The van der Waals surface area contributed by atoms with Crippen LogP contribution in [-0.4, -0.2) is 62.4 Å². The van der Waals surface area contributed by atoms with E-state index in [1.54, 1.807) is 35.4 Å². The monoisotopic (exact) mass is 676 g/mol. The Bertz CT molecular complexity index is 1640. The van der Waals surface area contributed by atoms with Gasteiger partial charge in [0.15, 0.2) is 0 Å². The second-order valence-electron chi connectivity index (χ2n) is 9.16. The van der Waals surface area contributed by atoms with Gasteiger partial charge >= 0.3 is 0 Å². The summed E-state index contributed by atoms with van der Waals surface area (Å²) in [6, 6.07) is 19.3. The van der Waals surface area contributed by atoms with Crippen molar-refractivity contribution in [3.8, 4) is 5.75 Å².